The number of carbonyl (C=O) groups excluding carboxylic acids is 1. The molecule has 7 heteroatoms. The molecule has 122 valence electrons. The summed E-state index contributed by atoms with van der Waals surface area (Å²) in [5.74, 6) is 0.374. The first-order valence-electron chi connectivity index (χ1n) is 7.41. The van der Waals surface area contributed by atoms with Gasteiger partial charge in [0, 0.05) is 18.8 Å². The van der Waals surface area contributed by atoms with Gasteiger partial charge in [0.2, 0.25) is 6.10 Å². The van der Waals surface area contributed by atoms with E-state index in [2.05, 4.69) is 5.32 Å². The maximum atomic E-state index is 12.4. The number of aromatic nitrogens is 1. The van der Waals surface area contributed by atoms with Gasteiger partial charge in [-0.15, -0.1) is 0 Å². The molecule has 0 aliphatic carbocycles. The van der Waals surface area contributed by atoms with Crippen LogP contribution in [0.15, 0.2) is 51.7 Å². The molecule has 0 spiro atoms. The van der Waals surface area contributed by atoms with Crippen molar-refractivity contribution in [3.8, 4) is 11.5 Å². The molecule has 24 heavy (non-hydrogen) atoms. The second kappa shape index (κ2) is 5.45. The lowest BCUT2D eigenvalue weighted by molar-refractivity contribution is -0.125. The lowest BCUT2D eigenvalue weighted by atomic mass is 10.2. The van der Waals surface area contributed by atoms with Crippen molar-refractivity contribution in [1.29, 1.82) is 0 Å². The van der Waals surface area contributed by atoms with Crippen LogP contribution in [0.5, 0.6) is 11.5 Å². The van der Waals surface area contributed by atoms with Gasteiger partial charge in [-0.1, -0.05) is 12.1 Å². The van der Waals surface area contributed by atoms with Gasteiger partial charge in [-0.25, -0.2) is 4.79 Å². The number of benzene rings is 2. The third-order valence-electron chi connectivity index (χ3n) is 3.86. The Hall–Kier alpha value is -3.22. The SMILES string of the molecule is Cn1c(=O)oc2cc(NC(=O)[C@H]3COc4ccccc4O3)ccc21. The van der Waals surface area contributed by atoms with Crippen molar-refractivity contribution in [2.75, 3.05) is 11.9 Å². The summed E-state index contributed by atoms with van der Waals surface area (Å²) >= 11 is 0. The molecule has 0 fully saturated rings. The number of amides is 1. The highest BCUT2D eigenvalue weighted by Gasteiger charge is 2.27. The van der Waals surface area contributed by atoms with Gasteiger partial charge >= 0.3 is 5.76 Å². The van der Waals surface area contributed by atoms with Crippen molar-refractivity contribution >= 4 is 22.7 Å². The molecule has 0 saturated carbocycles. The molecule has 0 unspecified atom stereocenters. The molecule has 1 aliphatic rings. The lowest BCUT2D eigenvalue weighted by Gasteiger charge is -2.25. The summed E-state index contributed by atoms with van der Waals surface area (Å²) in [6, 6.07) is 12.2. The van der Waals surface area contributed by atoms with Crippen LogP contribution in [0.2, 0.25) is 0 Å². The number of nitrogens with one attached hydrogen (secondary N) is 1. The largest absolute Gasteiger partial charge is 0.485 e. The van der Waals surface area contributed by atoms with Crippen LogP contribution in [0.25, 0.3) is 11.1 Å². The van der Waals surface area contributed by atoms with E-state index in [9.17, 15) is 9.59 Å². The Labute approximate surface area is 136 Å². The average Bonchev–Trinajstić information content (AvgIpc) is 2.88. The number of aryl methyl sites for hydroxylation is 1. The summed E-state index contributed by atoms with van der Waals surface area (Å²) in [6.45, 7) is 0.130. The standard InChI is InChI=1S/C17H14N2O5/c1-19-11-7-6-10(8-14(11)24-17(19)21)18-16(20)15-9-22-12-4-2-3-5-13(12)23-15/h2-8,15H,9H2,1H3,(H,18,20)/t15-/m1/s1. The van der Waals surface area contributed by atoms with Crippen LogP contribution >= 0.6 is 0 Å². The predicted molar refractivity (Wildman–Crippen MR) is 86.4 cm³/mol. The van der Waals surface area contributed by atoms with E-state index in [-0.39, 0.29) is 12.5 Å². The fraction of sp³-hybridized carbons (Fsp3) is 0.176. The Bertz CT molecular complexity index is 988. The van der Waals surface area contributed by atoms with Gasteiger partial charge in [0.25, 0.3) is 5.91 Å². The molecule has 2 aromatic carbocycles. The molecule has 1 amide bonds. The van der Waals surface area contributed by atoms with E-state index in [1.807, 2.05) is 12.1 Å². The maximum Gasteiger partial charge on any atom is 0.419 e. The van der Waals surface area contributed by atoms with E-state index >= 15 is 0 Å². The monoisotopic (exact) mass is 326 g/mol. The van der Waals surface area contributed by atoms with Gasteiger partial charge < -0.3 is 19.2 Å². The van der Waals surface area contributed by atoms with Gasteiger partial charge in [0.15, 0.2) is 17.1 Å². The lowest BCUT2D eigenvalue weighted by Crippen LogP contribution is -2.40. The average molecular weight is 326 g/mol. The molecule has 1 N–H and O–H groups in total. The minimum absolute atomic E-state index is 0.130. The third kappa shape index (κ3) is 2.40. The molecule has 3 aromatic rings. The fourth-order valence-electron chi connectivity index (χ4n) is 2.58. The Morgan fingerprint density at radius 2 is 2.00 bits per heavy atom. The third-order valence-corrected chi connectivity index (χ3v) is 3.86. The number of hydrogen-bond donors (Lipinski definition) is 1. The zero-order chi connectivity index (χ0) is 16.7. The fourth-order valence-corrected chi connectivity index (χ4v) is 2.58. The summed E-state index contributed by atoms with van der Waals surface area (Å²) in [7, 11) is 1.62. The van der Waals surface area contributed by atoms with E-state index < -0.39 is 11.9 Å². The minimum atomic E-state index is -0.752. The molecule has 7 nitrogen and oxygen atoms in total. The second-order valence-corrected chi connectivity index (χ2v) is 5.46. The number of rotatable bonds is 2. The number of nitrogens with zero attached hydrogens (tertiary/aromatic N) is 1. The highest BCUT2D eigenvalue weighted by atomic mass is 16.6. The number of fused-ring (bicyclic) bond motifs is 2. The van der Waals surface area contributed by atoms with Crippen molar-refractivity contribution in [3.63, 3.8) is 0 Å². The number of anilines is 1. The van der Waals surface area contributed by atoms with Crippen LogP contribution in [0.1, 0.15) is 0 Å². The topological polar surface area (TPSA) is 82.7 Å². The molecule has 1 aromatic heterocycles. The van der Waals surface area contributed by atoms with E-state index in [4.69, 9.17) is 13.9 Å². The molecule has 0 radical (unpaired) electrons. The van der Waals surface area contributed by atoms with Gasteiger partial charge in [0.05, 0.1) is 5.52 Å². The van der Waals surface area contributed by atoms with Crippen LogP contribution in [0, 0.1) is 0 Å². The molecular formula is C17H14N2O5. The Morgan fingerprint density at radius 1 is 1.21 bits per heavy atom. The van der Waals surface area contributed by atoms with Crippen LogP contribution in [0.3, 0.4) is 0 Å². The van der Waals surface area contributed by atoms with Crippen molar-refractivity contribution in [3.05, 3.63) is 53.0 Å². The predicted octanol–water partition coefficient (Wildman–Crippen LogP) is 1.91. The number of ether oxygens (including phenoxy) is 2. The Kier molecular flexibility index (Phi) is 3.26. The first-order chi connectivity index (χ1) is 11.6. The smallest absolute Gasteiger partial charge is 0.419 e. The summed E-state index contributed by atoms with van der Waals surface area (Å²) in [5, 5.41) is 2.75. The van der Waals surface area contributed by atoms with E-state index in [0.717, 1.165) is 0 Å². The van der Waals surface area contributed by atoms with E-state index in [0.29, 0.717) is 28.3 Å². The summed E-state index contributed by atoms with van der Waals surface area (Å²) in [5.41, 5.74) is 1.58. The zero-order valence-corrected chi connectivity index (χ0v) is 12.8. The van der Waals surface area contributed by atoms with Crippen LogP contribution in [-0.4, -0.2) is 23.2 Å². The first-order valence-corrected chi connectivity index (χ1v) is 7.41. The van der Waals surface area contributed by atoms with Gasteiger partial charge in [0.1, 0.15) is 6.61 Å². The highest BCUT2D eigenvalue weighted by Crippen LogP contribution is 2.31. The summed E-state index contributed by atoms with van der Waals surface area (Å²) < 4.78 is 17.7. The van der Waals surface area contributed by atoms with Gasteiger partial charge in [-0.3, -0.25) is 9.36 Å². The molecule has 2 heterocycles. The summed E-state index contributed by atoms with van der Waals surface area (Å²) in [4.78, 5) is 23.9. The molecule has 1 aliphatic heterocycles. The van der Waals surface area contributed by atoms with Gasteiger partial charge in [-0.05, 0) is 24.3 Å². The number of para-hydroxylation sites is 2. The number of oxazole rings is 1. The first kappa shape index (κ1) is 14.4. The molecule has 4 rings (SSSR count). The number of hydrogen-bond acceptors (Lipinski definition) is 5. The van der Waals surface area contributed by atoms with Crippen LogP contribution < -0.4 is 20.5 Å². The van der Waals surface area contributed by atoms with Crippen molar-refractivity contribution in [2.24, 2.45) is 7.05 Å². The minimum Gasteiger partial charge on any atom is -0.485 e. The van der Waals surface area contributed by atoms with Crippen LogP contribution in [0.4, 0.5) is 5.69 Å². The Balaban J connectivity index is 1.53. The second-order valence-electron chi connectivity index (χ2n) is 5.46. The molecule has 0 bridgehead atoms. The normalized spacial score (nSPS) is 16.1. The molecule has 1 atom stereocenters. The Morgan fingerprint density at radius 3 is 2.83 bits per heavy atom. The van der Waals surface area contributed by atoms with E-state index in [1.54, 1.807) is 37.4 Å². The van der Waals surface area contributed by atoms with Crippen molar-refractivity contribution < 1.29 is 18.7 Å². The van der Waals surface area contributed by atoms with Crippen molar-refractivity contribution in [2.45, 2.75) is 6.10 Å². The highest BCUT2D eigenvalue weighted by molar-refractivity contribution is 5.96. The summed E-state index contributed by atoms with van der Waals surface area (Å²) in [6.07, 6.45) is -0.752. The van der Waals surface area contributed by atoms with E-state index in [1.165, 1.54) is 4.57 Å². The maximum absolute atomic E-state index is 12.4. The zero-order valence-electron chi connectivity index (χ0n) is 12.8. The number of carbonyl (C=O) groups is 1. The molecular weight excluding hydrogens is 312 g/mol. The molecule has 0 saturated heterocycles. The van der Waals surface area contributed by atoms with Gasteiger partial charge in [-0.2, -0.15) is 0 Å². The van der Waals surface area contributed by atoms with Crippen LogP contribution in [-0.2, 0) is 11.8 Å². The quantitative estimate of drug-likeness (QED) is 0.778. The van der Waals surface area contributed by atoms with Crippen molar-refractivity contribution in [1.82, 2.24) is 4.57 Å².